The van der Waals surface area contributed by atoms with Crippen molar-refractivity contribution in [3.63, 3.8) is 0 Å². The van der Waals surface area contributed by atoms with Crippen LogP contribution in [0.15, 0.2) is 18.2 Å². The second kappa shape index (κ2) is 8.43. The number of nitrogens with one attached hydrogen (secondary N) is 2. The first-order chi connectivity index (χ1) is 9.56. The number of rotatable bonds is 8. The summed E-state index contributed by atoms with van der Waals surface area (Å²) in [6.07, 6.45) is 1.05. The van der Waals surface area contributed by atoms with Crippen LogP contribution in [0.1, 0.15) is 20.3 Å². The molecule has 0 bridgehead atoms. The minimum Gasteiger partial charge on any atom is -0.497 e. The number of carbonyl (C=O) groups excluding carboxylic acids is 1. The third-order valence-corrected chi connectivity index (χ3v) is 2.86. The SMILES string of the molecule is COc1ccc(OC)c(NC(=O)CNCCC(C)C)c1. The summed E-state index contributed by atoms with van der Waals surface area (Å²) in [5, 5.41) is 5.94. The summed E-state index contributed by atoms with van der Waals surface area (Å²) in [4.78, 5) is 11.9. The molecule has 0 aliphatic rings. The van der Waals surface area contributed by atoms with Crippen molar-refractivity contribution in [1.82, 2.24) is 5.32 Å². The molecule has 0 saturated heterocycles. The molecule has 0 aliphatic carbocycles. The van der Waals surface area contributed by atoms with E-state index >= 15 is 0 Å². The predicted molar refractivity (Wildman–Crippen MR) is 80.5 cm³/mol. The van der Waals surface area contributed by atoms with Gasteiger partial charge in [-0.15, -0.1) is 0 Å². The molecule has 0 aromatic heterocycles. The number of anilines is 1. The van der Waals surface area contributed by atoms with Gasteiger partial charge < -0.3 is 20.1 Å². The van der Waals surface area contributed by atoms with Gasteiger partial charge in [-0.25, -0.2) is 0 Å². The Kier molecular flexibility index (Phi) is 6.87. The van der Waals surface area contributed by atoms with Crippen LogP contribution in [0, 0.1) is 5.92 Å². The van der Waals surface area contributed by atoms with E-state index in [0.717, 1.165) is 13.0 Å². The number of hydrogen-bond donors (Lipinski definition) is 2. The average molecular weight is 280 g/mol. The van der Waals surface area contributed by atoms with E-state index in [1.807, 2.05) is 0 Å². The standard InChI is InChI=1S/C15H24N2O3/c1-11(2)7-8-16-10-15(18)17-13-9-12(19-3)5-6-14(13)20-4/h5-6,9,11,16H,7-8,10H2,1-4H3,(H,17,18). The van der Waals surface area contributed by atoms with E-state index in [9.17, 15) is 4.79 Å². The van der Waals surface area contributed by atoms with Crippen LogP contribution in [0.2, 0.25) is 0 Å². The van der Waals surface area contributed by atoms with Crippen molar-refractivity contribution in [1.29, 1.82) is 0 Å². The quantitative estimate of drug-likeness (QED) is 0.717. The third-order valence-electron chi connectivity index (χ3n) is 2.86. The van der Waals surface area contributed by atoms with E-state index in [-0.39, 0.29) is 12.5 Å². The zero-order valence-corrected chi connectivity index (χ0v) is 12.7. The lowest BCUT2D eigenvalue weighted by Crippen LogP contribution is -2.29. The van der Waals surface area contributed by atoms with Crippen LogP contribution < -0.4 is 20.1 Å². The Morgan fingerprint density at radius 2 is 2.00 bits per heavy atom. The van der Waals surface area contributed by atoms with Crippen LogP contribution in [0.4, 0.5) is 5.69 Å². The highest BCUT2D eigenvalue weighted by atomic mass is 16.5. The highest BCUT2D eigenvalue weighted by Crippen LogP contribution is 2.28. The lowest BCUT2D eigenvalue weighted by Gasteiger charge is -2.12. The summed E-state index contributed by atoms with van der Waals surface area (Å²) in [6.45, 7) is 5.43. The van der Waals surface area contributed by atoms with Gasteiger partial charge >= 0.3 is 0 Å². The Balaban J connectivity index is 2.52. The highest BCUT2D eigenvalue weighted by Gasteiger charge is 2.08. The smallest absolute Gasteiger partial charge is 0.238 e. The topological polar surface area (TPSA) is 59.6 Å². The maximum Gasteiger partial charge on any atom is 0.238 e. The largest absolute Gasteiger partial charge is 0.497 e. The molecular weight excluding hydrogens is 256 g/mol. The van der Waals surface area contributed by atoms with Crippen molar-refractivity contribution in [2.45, 2.75) is 20.3 Å². The Hall–Kier alpha value is -1.75. The van der Waals surface area contributed by atoms with Crippen molar-refractivity contribution in [3.8, 4) is 11.5 Å². The van der Waals surface area contributed by atoms with Crippen molar-refractivity contribution >= 4 is 11.6 Å². The van der Waals surface area contributed by atoms with E-state index in [2.05, 4.69) is 24.5 Å². The minimum atomic E-state index is -0.0969. The van der Waals surface area contributed by atoms with E-state index < -0.39 is 0 Å². The lowest BCUT2D eigenvalue weighted by molar-refractivity contribution is -0.115. The fourth-order valence-electron chi connectivity index (χ4n) is 1.70. The summed E-state index contributed by atoms with van der Waals surface area (Å²) in [6, 6.07) is 5.29. The average Bonchev–Trinajstić information content (AvgIpc) is 2.43. The number of amides is 1. The fourth-order valence-corrected chi connectivity index (χ4v) is 1.70. The van der Waals surface area contributed by atoms with Crippen molar-refractivity contribution in [2.75, 3.05) is 32.6 Å². The number of methoxy groups -OCH3 is 2. The number of benzene rings is 1. The first-order valence-corrected chi connectivity index (χ1v) is 6.79. The van der Waals surface area contributed by atoms with Gasteiger partial charge in [-0.3, -0.25) is 4.79 Å². The van der Waals surface area contributed by atoms with Crippen LogP contribution in [0.3, 0.4) is 0 Å². The van der Waals surface area contributed by atoms with Gasteiger partial charge in [-0.1, -0.05) is 13.8 Å². The molecule has 0 atom stereocenters. The molecule has 0 saturated carbocycles. The molecule has 2 N–H and O–H groups in total. The molecule has 1 aromatic carbocycles. The summed E-state index contributed by atoms with van der Waals surface area (Å²) in [7, 11) is 3.15. The molecule has 0 radical (unpaired) electrons. The van der Waals surface area contributed by atoms with Crippen LogP contribution in [0.5, 0.6) is 11.5 Å². The molecule has 1 rings (SSSR count). The van der Waals surface area contributed by atoms with Gasteiger partial charge in [0.25, 0.3) is 0 Å². The van der Waals surface area contributed by atoms with Gasteiger partial charge in [0, 0.05) is 6.07 Å². The molecule has 0 unspecified atom stereocenters. The Labute approximate surface area is 120 Å². The molecule has 0 heterocycles. The zero-order valence-electron chi connectivity index (χ0n) is 12.7. The van der Waals surface area contributed by atoms with Crippen molar-refractivity contribution < 1.29 is 14.3 Å². The molecule has 0 fully saturated rings. The lowest BCUT2D eigenvalue weighted by atomic mass is 10.1. The summed E-state index contributed by atoms with van der Waals surface area (Å²) < 4.78 is 10.4. The third kappa shape index (κ3) is 5.48. The van der Waals surface area contributed by atoms with Gasteiger partial charge in [0.1, 0.15) is 11.5 Å². The maximum atomic E-state index is 11.9. The molecule has 112 valence electrons. The van der Waals surface area contributed by atoms with Gasteiger partial charge in [0.05, 0.1) is 26.5 Å². The second-order valence-electron chi connectivity index (χ2n) is 4.97. The van der Waals surface area contributed by atoms with Gasteiger partial charge in [0.15, 0.2) is 0 Å². The first kappa shape index (κ1) is 16.3. The summed E-state index contributed by atoms with van der Waals surface area (Å²) in [5.74, 6) is 1.82. The van der Waals surface area contributed by atoms with E-state index in [1.54, 1.807) is 32.4 Å². The Bertz CT molecular complexity index is 433. The van der Waals surface area contributed by atoms with Crippen LogP contribution in [-0.2, 0) is 4.79 Å². The highest BCUT2D eigenvalue weighted by molar-refractivity contribution is 5.93. The van der Waals surface area contributed by atoms with Crippen molar-refractivity contribution in [3.05, 3.63) is 18.2 Å². The Morgan fingerprint density at radius 1 is 1.25 bits per heavy atom. The van der Waals surface area contributed by atoms with Gasteiger partial charge in [0.2, 0.25) is 5.91 Å². The maximum absolute atomic E-state index is 11.9. The molecule has 0 aliphatic heterocycles. The van der Waals surface area contributed by atoms with Gasteiger partial charge in [-0.2, -0.15) is 0 Å². The predicted octanol–water partition coefficient (Wildman–Crippen LogP) is 2.28. The van der Waals surface area contributed by atoms with Gasteiger partial charge in [-0.05, 0) is 31.0 Å². The number of hydrogen-bond acceptors (Lipinski definition) is 4. The molecule has 5 heteroatoms. The van der Waals surface area contributed by atoms with E-state index in [4.69, 9.17) is 9.47 Å². The first-order valence-electron chi connectivity index (χ1n) is 6.79. The fraction of sp³-hybridized carbons (Fsp3) is 0.533. The van der Waals surface area contributed by atoms with Crippen LogP contribution >= 0.6 is 0 Å². The monoisotopic (exact) mass is 280 g/mol. The summed E-state index contributed by atoms with van der Waals surface area (Å²) >= 11 is 0. The molecular formula is C15H24N2O3. The van der Waals surface area contributed by atoms with Crippen LogP contribution in [-0.4, -0.2) is 33.2 Å². The summed E-state index contributed by atoms with van der Waals surface area (Å²) in [5.41, 5.74) is 0.613. The minimum absolute atomic E-state index is 0.0969. The second-order valence-corrected chi connectivity index (χ2v) is 4.97. The number of carbonyl (C=O) groups is 1. The van der Waals surface area contributed by atoms with E-state index in [0.29, 0.717) is 23.1 Å². The zero-order chi connectivity index (χ0) is 15.0. The number of ether oxygens (including phenoxy) is 2. The van der Waals surface area contributed by atoms with E-state index in [1.165, 1.54) is 0 Å². The van der Waals surface area contributed by atoms with Crippen LogP contribution in [0.25, 0.3) is 0 Å². The van der Waals surface area contributed by atoms with Crippen molar-refractivity contribution in [2.24, 2.45) is 5.92 Å². The molecule has 1 amide bonds. The Morgan fingerprint density at radius 3 is 2.60 bits per heavy atom. The normalized spacial score (nSPS) is 10.4. The molecule has 5 nitrogen and oxygen atoms in total. The molecule has 0 spiro atoms. The molecule has 1 aromatic rings. The molecule has 20 heavy (non-hydrogen) atoms.